The lowest BCUT2D eigenvalue weighted by Gasteiger charge is -2.30. The van der Waals surface area contributed by atoms with Crippen molar-refractivity contribution in [1.29, 1.82) is 0 Å². The van der Waals surface area contributed by atoms with Crippen molar-refractivity contribution in [2.24, 2.45) is 0 Å². The summed E-state index contributed by atoms with van der Waals surface area (Å²) in [5.41, 5.74) is 1.84. The number of hydrogen-bond acceptors (Lipinski definition) is 3. The smallest absolute Gasteiger partial charge is 0.160 e. The first-order valence-corrected chi connectivity index (χ1v) is 8.06. The molecular formula is C16H25ClN4. The molecule has 0 amide bonds. The molecule has 0 saturated carbocycles. The van der Waals surface area contributed by atoms with Crippen molar-refractivity contribution >= 4 is 22.8 Å². The van der Waals surface area contributed by atoms with Gasteiger partial charge >= 0.3 is 0 Å². The van der Waals surface area contributed by atoms with Crippen LogP contribution in [0.1, 0.15) is 45.8 Å². The zero-order chi connectivity index (χ0) is 15.6. The van der Waals surface area contributed by atoms with E-state index in [4.69, 9.17) is 11.6 Å². The molecule has 0 aliphatic carbocycles. The number of hydrogen-bond donors (Lipinski definition) is 0. The number of nitrogens with zero attached hydrogens (tertiary/aromatic N) is 4. The lowest BCUT2D eigenvalue weighted by atomic mass is 10.2. The van der Waals surface area contributed by atoms with Crippen molar-refractivity contribution < 1.29 is 0 Å². The van der Waals surface area contributed by atoms with Gasteiger partial charge in [-0.3, -0.25) is 4.90 Å². The quantitative estimate of drug-likeness (QED) is 0.760. The fourth-order valence-electron chi connectivity index (χ4n) is 2.83. The third kappa shape index (κ3) is 3.55. The van der Waals surface area contributed by atoms with Crippen LogP contribution >= 0.6 is 11.6 Å². The second-order valence-corrected chi connectivity index (χ2v) is 6.66. The van der Waals surface area contributed by atoms with Gasteiger partial charge in [0.2, 0.25) is 0 Å². The Balaban J connectivity index is 2.30. The average molecular weight is 309 g/mol. The van der Waals surface area contributed by atoms with E-state index in [1.54, 1.807) is 0 Å². The molecule has 21 heavy (non-hydrogen) atoms. The SMILES string of the molecule is CC(Cl)c1nc2cccnc2n1CCN(C(C)C)C(C)C. The monoisotopic (exact) mass is 308 g/mol. The van der Waals surface area contributed by atoms with Crippen LogP contribution in [-0.2, 0) is 6.54 Å². The zero-order valence-electron chi connectivity index (χ0n) is 13.5. The first kappa shape index (κ1) is 16.2. The molecule has 5 heteroatoms. The van der Waals surface area contributed by atoms with E-state index in [9.17, 15) is 0 Å². The fourth-order valence-corrected chi connectivity index (χ4v) is 2.99. The topological polar surface area (TPSA) is 34.0 Å². The summed E-state index contributed by atoms with van der Waals surface area (Å²) < 4.78 is 2.16. The van der Waals surface area contributed by atoms with Crippen LogP contribution < -0.4 is 0 Å². The predicted octanol–water partition coefficient (Wildman–Crippen LogP) is 3.85. The normalized spacial score (nSPS) is 13.8. The Morgan fingerprint density at radius 2 is 1.86 bits per heavy atom. The van der Waals surface area contributed by atoms with Crippen LogP contribution in [0.3, 0.4) is 0 Å². The highest BCUT2D eigenvalue weighted by atomic mass is 35.5. The molecule has 0 N–H and O–H groups in total. The second kappa shape index (κ2) is 6.75. The van der Waals surface area contributed by atoms with Crippen LogP contribution in [0.2, 0.25) is 0 Å². The lowest BCUT2D eigenvalue weighted by molar-refractivity contribution is 0.168. The van der Waals surface area contributed by atoms with Crippen LogP contribution in [-0.4, -0.2) is 38.1 Å². The van der Waals surface area contributed by atoms with Crippen LogP contribution in [0.25, 0.3) is 11.2 Å². The molecule has 2 heterocycles. The molecule has 0 radical (unpaired) electrons. The van der Waals surface area contributed by atoms with E-state index in [1.165, 1.54) is 0 Å². The van der Waals surface area contributed by atoms with E-state index in [-0.39, 0.29) is 5.38 Å². The minimum atomic E-state index is -0.120. The maximum atomic E-state index is 6.30. The summed E-state index contributed by atoms with van der Waals surface area (Å²) in [6, 6.07) is 4.94. The molecule has 0 aliphatic rings. The number of rotatable bonds is 6. The number of fused-ring (bicyclic) bond motifs is 1. The van der Waals surface area contributed by atoms with Gasteiger partial charge in [0.15, 0.2) is 5.65 Å². The largest absolute Gasteiger partial charge is 0.310 e. The van der Waals surface area contributed by atoms with Crippen molar-refractivity contribution in [2.75, 3.05) is 6.54 Å². The van der Waals surface area contributed by atoms with E-state index in [0.717, 1.165) is 30.1 Å². The fraction of sp³-hybridized carbons (Fsp3) is 0.625. The molecule has 0 spiro atoms. The van der Waals surface area contributed by atoms with E-state index in [0.29, 0.717) is 12.1 Å². The molecule has 0 bridgehead atoms. The van der Waals surface area contributed by atoms with Gasteiger partial charge in [-0.15, -0.1) is 11.6 Å². The molecule has 0 aliphatic heterocycles. The van der Waals surface area contributed by atoms with Gasteiger partial charge in [0.05, 0.1) is 5.38 Å². The summed E-state index contributed by atoms with van der Waals surface area (Å²) in [5.74, 6) is 0.901. The summed E-state index contributed by atoms with van der Waals surface area (Å²) in [6.07, 6.45) is 1.81. The van der Waals surface area contributed by atoms with Crippen molar-refractivity contribution in [2.45, 2.75) is 58.6 Å². The molecule has 2 aromatic rings. The highest BCUT2D eigenvalue weighted by Crippen LogP contribution is 2.23. The lowest BCUT2D eigenvalue weighted by Crippen LogP contribution is -2.39. The number of imidazole rings is 1. The molecule has 0 fully saturated rings. The van der Waals surface area contributed by atoms with Gasteiger partial charge in [-0.25, -0.2) is 9.97 Å². The molecule has 2 aromatic heterocycles. The summed E-state index contributed by atoms with van der Waals surface area (Å²) in [7, 11) is 0. The standard InChI is InChI=1S/C16H25ClN4/c1-11(2)20(12(3)4)9-10-21-15(13(5)17)19-14-7-6-8-18-16(14)21/h6-8,11-13H,9-10H2,1-5H3. The second-order valence-electron chi connectivity index (χ2n) is 6.01. The Bertz CT molecular complexity index is 581. The Morgan fingerprint density at radius 3 is 2.43 bits per heavy atom. The summed E-state index contributed by atoms with van der Waals surface area (Å²) in [6.45, 7) is 12.7. The van der Waals surface area contributed by atoms with Crippen molar-refractivity contribution in [1.82, 2.24) is 19.4 Å². The molecule has 1 unspecified atom stereocenters. The number of alkyl halides is 1. The van der Waals surface area contributed by atoms with Crippen LogP contribution in [0.15, 0.2) is 18.3 Å². The maximum absolute atomic E-state index is 6.30. The van der Waals surface area contributed by atoms with Crippen LogP contribution in [0.4, 0.5) is 0 Å². The molecule has 116 valence electrons. The highest BCUT2D eigenvalue weighted by Gasteiger charge is 2.18. The molecule has 2 rings (SSSR count). The Morgan fingerprint density at radius 1 is 1.19 bits per heavy atom. The Hall–Kier alpha value is -1.13. The molecule has 0 aromatic carbocycles. The first-order valence-electron chi connectivity index (χ1n) is 7.62. The minimum Gasteiger partial charge on any atom is -0.310 e. The van der Waals surface area contributed by atoms with Crippen molar-refractivity contribution in [3.05, 3.63) is 24.2 Å². The average Bonchev–Trinajstić information content (AvgIpc) is 2.77. The maximum Gasteiger partial charge on any atom is 0.160 e. The van der Waals surface area contributed by atoms with E-state index < -0.39 is 0 Å². The number of halogens is 1. The summed E-state index contributed by atoms with van der Waals surface area (Å²) in [5, 5.41) is -0.120. The van der Waals surface area contributed by atoms with Gasteiger partial charge in [-0.2, -0.15) is 0 Å². The van der Waals surface area contributed by atoms with E-state index in [2.05, 4.69) is 47.1 Å². The van der Waals surface area contributed by atoms with Crippen molar-refractivity contribution in [3.8, 4) is 0 Å². The third-order valence-corrected chi connectivity index (χ3v) is 3.99. The first-order chi connectivity index (χ1) is 9.91. The van der Waals surface area contributed by atoms with Gasteiger partial charge < -0.3 is 4.57 Å². The summed E-state index contributed by atoms with van der Waals surface area (Å²) in [4.78, 5) is 11.6. The highest BCUT2D eigenvalue weighted by molar-refractivity contribution is 6.20. The molecule has 0 saturated heterocycles. The van der Waals surface area contributed by atoms with Crippen LogP contribution in [0.5, 0.6) is 0 Å². The van der Waals surface area contributed by atoms with Gasteiger partial charge in [-0.1, -0.05) is 0 Å². The van der Waals surface area contributed by atoms with Gasteiger partial charge in [0.1, 0.15) is 11.3 Å². The van der Waals surface area contributed by atoms with Crippen LogP contribution in [0, 0.1) is 0 Å². The minimum absolute atomic E-state index is 0.120. The van der Waals surface area contributed by atoms with E-state index in [1.807, 2.05) is 25.3 Å². The zero-order valence-corrected chi connectivity index (χ0v) is 14.3. The van der Waals surface area contributed by atoms with Crippen molar-refractivity contribution in [3.63, 3.8) is 0 Å². The molecular weight excluding hydrogens is 284 g/mol. The molecule has 1 atom stereocenters. The van der Waals surface area contributed by atoms with Gasteiger partial charge in [0, 0.05) is 31.4 Å². The van der Waals surface area contributed by atoms with Gasteiger partial charge in [-0.05, 0) is 46.8 Å². The number of aromatic nitrogens is 3. The Kier molecular flexibility index (Phi) is 5.22. The van der Waals surface area contributed by atoms with Gasteiger partial charge in [0.25, 0.3) is 0 Å². The summed E-state index contributed by atoms with van der Waals surface area (Å²) >= 11 is 6.30. The third-order valence-electron chi connectivity index (χ3n) is 3.80. The number of pyridine rings is 1. The predicted molar refractivity (Wildman–Crippen MR) is 88.8 cm³/mol. The van der Waals surface area contributed by atoms with E-state index >= 15 is 0 Å². The Labute approximate surface area is 132 Å². The molecule has 4 nitrogen and oxygen atoms in total.